The summed E-state index contributed by atoms with van der Waals surface area (Å²) in [6, 6.07) is 6.20. The zero-order chi connectivity index (χ0) is 17.4. The molecule has 124 valence electrons. The molecule has 0 saturated carbocycles. The van der Waals surface area contributed by atoms with Crippen LogP contribution >= 0.6 is 22.6 Å². The number of fused-ring (bicyclic) bond motifs is 1. The number of esters is 1. The van der Waals surface area contributed by atoms with E-state index in [0.29, 0.717) is 11.1 Å². The predicted molar refractivity (Wildman–Crippen MR) is 93.9 cm³/mol. The van der Waals surface area contributed by atoms with Gasteiger partial charge in [-0.15, -0.1) is 0 Å². The summed E-state index contributed by atoms with van der Waals surface area (Å²) < 4.78 is 36.2. The Morgan fingerprint density at radius 3 is 2.75 bits per heavy atom. The van der Waals surface area contributed by atoms with Crippen LogP contribution in [0.5, 0.6) is 0 Å². The Morgan fingerprint density at radius 2 is 2.08 bits per heavy atom. The van der Waals surface area contributed by atoms with Gasteiger partial charge in [0.15, 0.2) is 5.82 Å². The molecule has 0 aliphatic heterocycles. The van der Waals surface area contributed by atoms with E-state index in [4.69, 9.17) is 4.74 Å². The standard InChI is InChI=1S/C17H13F2IN2O2/c1-22-8-21-16-14(22)7-12(17(23)24-2)11(15(16)19)5-9-3-4-10(20)6-13(9)18/h3-4,6-8H,5H2,1-2H3. The molecule has 7 heteroatoms. The first-order chi connectivity index (χ1) is 11.4. The normalized spacial score (nSPS) is 11.0. The predicted octanol–water partition coefficient (Wildman–Crippen LogP) is 3.83. The van der Waals surface area contributed by atoms with Gasteiger partial charge in [-0.3, -0.25) is 0 Å². The van der Waals surface area contributed by atoms with Crippen molar-refractivity contribution in [2.45, 2.75) is 6.42 Å². The van der Waals surface area contributed by atoms with E-state index in [9.17, 15) is 13.6 Å². The maximum Gasteiger partial charge on any atom is 0.338 e. The van der Waals surface area contributed by atoms with E-state index < -0.39 is 17.6 Å². The van der Waals surface area contributed by atoms with Crippen LogP contribution < -0.4 is 0 Å². The third kappa shape index (κ3) is 2.88. The Labute approximate surface area is 150 Å². The Kier molecular flexibility index (Phi) is 4.53. The lowest BCUT2D eigenvalue weighted by atomic mass is 9.97. The van der Waals surface area contributed by atoms with Gasteiger partial charge in [-0.1, -0.05) is 6.07 Å². The van der Waals surface area contributed by atoms with Crippen molar-refractivity contribution in [1.29, 1.82) is 0 Å². The van der Waals surface area contributed by atoms with Gasteiger partial charge in [0.25, 0.3) is 0 Å². The quantitative estimate of drug-likeness (QED) is 0.458. The largest absolute Gasteiger partial charge is 0.465 e. The lowest BCUT2D eigenvalue weighted by Crippen LogP contribution is -2.10. The van der Waals surface area contributed by atoms with Crippen LogP contribution in [0.1, 0.15) is 21.5 Å². The molecule has 0 fully saturated rings. The minimum atomic E-state index is -0.669. The number of aromatic nitrogens is 2. The Morgan fingerprint density at radius 1 is 1.33 bits per heavy atom. The van der Waals surface area contributed by atoms with Crippen LogP contribution in [0.2, 0.25) is 0 Å². The number of carbonyl (C=O) groups excluding carboxylic acids is 1. The van der Waals surface area contributed by atoms with E-state index in [-0.39, 0.29) is 23.1 Å². The van der Waals surface area contributed by atoms with E-state index in [1.165, 1.54) is 25.6 Å². The van der Waals surface area contributed by atoms with Crippen LogP contribution in [0.25, 0.3) is 11.0 Å². The average Bonchev–Trinajstić information content (AvgIpc) is 2.92. The second-order valence-electron chi connectivity index (χ2n) is 5.34. The molecular formula is C17H13F2IN2O2. The van der Waals surface area contributed by atoms with Crippen LogP contribution in [-0.4, -0.2) is 22.6 Å². The molecule has 1 aromatic heterocycles. The fraction of sp³-hybridized carbons (Fsp3) is 0.176. The number of hydrogen-bond acceptors (Lipinski definition) is 3. The molecule has 0 spiro atoms. The number of methoxy groups -OCH3 is 1. The van der Waals surface area contributed by atoms with Gasteiger partial charge in [-0.05, 0) is 46.4 Å². The molecule has 0 N–H and O–H groups in total. The molecule has 0 aliphatic rings. The van der Waals surface area contributed by atoms with Gasteiger partial charge >= 0.3 is 5.97 Å². The molecule has 3 rings (SSSR count). The van der Waals surface area contributed by atoms with E-state index >= 15 is 0 Å². The number of imidazole rings is 1. The van der Waals surface area contributed by atoms with Crippen LogP contribution in [0.4, 0.5) is 8.78 Å². The molecule has 0 bridgehead atoms. The summed E-state index contributed by atoms with van der Waals surface area (Å²) in [7, 11) is 2.93. The Balaban J connectivity index is 2.21. The number of ether oxygens (including phenoxy) is 1. The van der Waals surface area contributed by atoms with Crippen LogP contribution in [0, 0.1) is 15.2 Å². The third-order valence-corrected chi connectivity index (χ3v) is 4.52. The van der Waals surface area contributed by atoms with Gasteiger partial charge in [0.2, 0.25) is 0 Å². The number of benzene rings is 2. The smallest absolute Gasteiger partial charge is 0.338 e. The van der Waals surface area contributed by atoms with Crippen molar-refractivity contribution in [2.24, 2.45) is 7.05 Å². The summed E-state index contributed by atoms with van der Waals surface area (Å²) in [5.74, 6) is -1.75. The number of halogens is 3. The summed E-state index contributed by atoms with van der Waals surface area (Å²) in [6.45, 7) is 0. The van der Waals surface area contributed by atoms with Gasteiger partial charge in [0, 0.05) is 22.6 Å². The van der Waals surface area contributed by atoms with Crippen molar-refractivity contribution < 1.29 is 18.3 Å². The van der Waals surface area contributed by atoms with Gasteiger partial charge in [-0.25, -0.2) is 18.6 Å². The molecule has 0 atom stereocenters. The summed E-state index contributed by atoms with van der Waals surface area (Å²) in [4.78, 5) is 16.1. The van der Waals surface area contributed by atoms with Crippen molar-refractivity contribution in [3.8, 4) is 0 Å². The van der Waals surface area contributed by atoms with Crippen molar-refractivity contribution in [2.75, 3.05) is 7.11 Å². The van der Waals surface area contributed by atoms with E-state index in [1.807, 2.05) is 22.6 Å². The molecule has 0 radical (unpaired) electrons. The fourth-order valence-electron chi connectivity index (χ4n) is 2.58. The molecule has 0 saturated heterocycles. The zero-order valence-electron chi connectivity index (χ0n) is 12.9. The maximum atomic E-state index is 14.9. The van der Waals surface area contributed by atoms with Crippen molar-refractivity contribution in [1.82, 2.24) is 9.55 Å². The van der Waals surface area contributed by atoms with E-state index in [2.05, 4.69) is 4.98 Å². The lowest BCUT2D eigenvalue weighted by molar-refractivity contribution is 0.0599. The van der Waals surface area contributed by atoms with Crippen LogP contribution in [0.3, 0.4) is 0 Å². The first kappa shape index (κ1) is 16.8. The Bertz CT molecular complexity index is 953. The minimum Gasteiger partial charge on any atom is -0.465 e. The van der Waals surface area contributed by atoms with Gasteiger partial charge in [0.05, 0.1) is 24.5 Å². The van der Waals surface area contributed by atoms with Crippen molar-refractivity contribution in [3.63, 3.8) is 0 Å². The van der Waals surface area contributed by atoms with E-state index in [0.717, 1.165) is 3.57 Å². The number of aryl methyl sites for hydroxylation is 1. The van der Waals surface area contributed by atoms with Crippen molar-refractivity contribution >= 4 is 39.6 Å². The lowest BCUT2D eigenvalue weighted by Gasteiger charge is -2.11. The molecule has 0 aliphatic carbocycles. The second-order valence-corrected chi connectivity index (χ2v) is 6.59. The van der Waals surface area contributed by atoms with Gasteiger partial charge in [-0.2, -0.15) is 0 Å². The van der Waals surface area contributed by atoms with Crippen LogP contribution in [0.15, 0.2) is 30.6 Å². The Hall–Kier alpha value is -2.03. The molecule has 2 aromatic carbocycles. The van der Waals surface area contributed by atoms with Gasteiger partial charge in [0.1, 0.15) is 11.3 Å². The first-order valence-corrected chi connectivity index (χ1v) is 8.15. The maximum absolute atomic E-state index is 14.9. The molecule has 0 amide bonds. The highest BCUT2D eigenvalue weighted by atomic mass is 127. The van der Waals surface area contributed by atoms with E-state index in [1.54, 1.807) is 23.7 Å². The molecule has 4 nitrogen and oxygen atoms in total. The highest BCUT2D eigenvalue weighted by molar-refractivity contribution is 14.1. The molecular weight excluding hydrogens is 429 g/mol. The van der Waals surface area contributed by atoms with Crippen LogP contribution in [-0.2, 0) is 18.2 Å². The average molecular weight is 442 g/mol. The molecule has 1 heterocycles. The fourth-order valence-corrected chi connectivity index (χ4v) is 3.04. The number of carbonyl (C=O) groups is 1. The summed E-state index contributed by atoms with van der Waals surface area (Å²) in [5, 5.41) is 0. The van der Waals surface area contributed by atoms with Crippen molar-refractivity contribution in [3.05, 3.63) is 62.5 Å². The highest BCUT2D eigenvalue weighted by Crippen LogP contribution is 2.27. The summed E-state index contributed by atoms with van der Waals surface area (Å²) in [6.07, 6.45) is 1.40. The zero-order valence-corrected chi connectivity index (χ0v) is 15.1. The first-order valence-electron chi connectivity index (χ1n) is 7.07. The second kappa shape index (κ2) is 6.46. The highest BCUT2D eigenvalue weighted by Gasteiger charge is 2.22. The monoisotopic (exact) mass is 442 g/mol. The number of rotatable bonds is 3. The molecule has 3 aromatic rings. The SMILES string of the molecule is COC(=O)c1cc2c(ncn2C)c(F)c1Cc1ccc(I)cc1F. The summed E-state index contributed by atoms with van der Waals surface area (Å²) >= 11 is 2.00. The minimum absolute atomic E-state index is 0.0640. The summed E-state index contributed by atoms with van der Waals surface area (Å²) in [5.41, 5.74) is 1.07. The van der Waals surface area contributed by atoms with Gasteiger partial charge < -0.3 is 9.30 Å². The molecule has 24 heavy (non-hydrogen) atoms. The molecule has 0 unspecified atom stereocenters. The third-order valence-electron chi connectivity index (χ3n) is 3.85. The number of nitrogens with zero attached hydrogens (tertiary/aromatic N) is 2. The number of hydrogen-bond donors (Lipinski definition) is 0. The topological polar surface area (TPSA) is 44.1 Å².